The van der Waals surface area contributed by atoms with Crippen LogP contribution in [0.15, 0.2) is 222 Å². The highest BCUT2D eigenvalue weighted by Gasteiger charge is 2.50. The Kier molecular flexibility index (Phi) is 7.40. The molecule has 1 aliphatic carbocycles. The van der Waals surface area contributed by atoms with Gasteiger partial charge in [0.1, 0.15) is 0 Å². The van der Waals surface area contributed by atoms with Crippen LogP contribution in [-0.4, -0.2) is 0 Å². The predicted molar refractivity (Wildman–Crippen MR) is 231 cm³/mol. The Morgan fingerprint density at radius 2 is 0.764 bits per heavy atom. The van der Waals surface area contributed by atoms with Gasteiger partial charge < -0.3 is 4.90 Å². The molecule has 9 aromatic rings. The van der Waals surface area contributed by atoms with Gasteiger partial charge in [-0.05, 0) is 121 Å². The molecule has 0 fully saturated rings. The lowest BCUT2D eigenvalue weighted by Gasteiger charge is -2.40. The quantitative estimate of drug-likeness (QED) is 0.174. The summed E-state index contributed by atoms with van der Waals surface area (Å²) < 4.78 is 0. The summed E-state index contributed by atoms with van der Waals surface area (Å²) in [6.07, 6.45) is 0. The van der Waals surface area contributed by atoms with Crippen LogP contribution in [0.25, 0.3) is 44.2 Å². The molecule has 1 nitrogen and oxygen atoms in total. The van der Waals surface area contributed by atoms with Crippen LogP contribution in [0, 0.1) is 0 Å². The van der Waals surface area contributed by atoms with Crippen molar-refractivity contribution in [3.05, 3.63) is 235 Å². The van der Waals surface area contributed by atoms with Crippen LogP contribution in [-0.2, 0) is 5.41 Å². The van der Waals surface area contributed by atoms with Crippen molar-refractivity contribution < 1.29 is 0 Å². The zero-order valence-corrected chi connectivity index (χ0v) is 30.9. The standard InChI is InChI=1S/C53H35NS/c1-3-13-36(14-4-1)37-23-28-43(29-24-37)54(42-17-5-2-6-18-42)44-30-25-38(26-31-44)41-27-32-49-51(35-41)55-52-34-40-16-8-7-15-39(40)33-50(52)53(49)47-21-11-9-19-45(47)46-20-10-12-22-48(46)53/h1-35H. The first-order chi connectivity index (χ1) is 27.3. The highest BCUT2D eigenvalue weighted by atomic mass is 32.2. The molecule has 0 unspecified atom stereocenters. The third-order valence-corrected chi connectivity index (χ3v) is 12.6. The molecule has 2 heteroatoms. The number of para-hydroxylation sites is 1. The molecular weight excluding hydrogens is 683 g/mol. The van der Waals surface area contributed by atoms with E-state index < -0.39 is 5.41 Å². The summed E-state index contributed by atoms with van der Waals surface area (Å²) in [5.41, 5.74) is 15.9. The van der Waals surface area contributed by atoms with Gasteiger partial charge in [0, 0.05) is 26.9 Å². The molecule has 1 aliphatic heterocycles. The van der Waals surface area contributed by atoms with Gasteiger partial charge in [0.05, 0.1) is 5.41 Å². The van der Waals surface area contributed by atoms with E-state index in [4.69, 9.17) is 0 Å². The van der Waals surface area contributed by atoms with Crippen LogP contribution in [0.2, 0.25) is 0 Å². The van der Waals surface area contributed by atoms with E-state index in [2.05, 4.69) is 217 Å². The molecule has 1 spiro atoms. The van der Waals surface area contributed by atoms with Gasteiger partial charge in [-0.25, -0.2) is 0 Å². The minimum absolute atomic E-state index is 0.401. The summed E-state index contributed by atoms with van der Waals surface area (Å²) >= 11 is 1.91. The zero-order chi connectivity index (χ0) is 36.3. The van der Waals surface area contributed by atoms with Crippen molar-refractivity contribution in [2.75, 3.05) is 4.90 Å². The molecule has 0 saturated carbocycles. The van der Waals surface area contributed by atoms with Gasteiger partial charge in [-0.1, -0.05) is 169 Å². The molecule has 0 aromatic heterocycles. The average molecular weight is 718 g/mol. The Hall–Kier alpha value is -6.61. The van der Waals surface area contributed by atoms with E-state index in [9.17, 15) is 0 Å². The second-order valence-electron chi connectivity index (χ2n) is 14.5. The lowest BCUT2D eigenvalue weighted by atomic mass is 9.67. The first-order valence-corrected chi connectivity index (χ1v) is 19.7. The lowest BCUT2D eigenvalue weighted by Crippen LogP contribution is -2.32. The van der Waals surface area contributed by atoms with Crippen molar-refractivity contribution in [3.8, 4) is 33.4 Å². The molecule has 0 bridgehead atoms. The maximum atomic E-state index is 2.46. The van der Waals surface area contributed by atoms with E-state index in [1.807, 2.05) is 11.8 Å². The Labute approximate surface area is 326 Å². The highest BCUT2D eigenvalue weighted by Crippen LogP contribution is 2.62. The molecular formula is C53H35NS. The lowest BCUT2D eigenvalue weighted by molar-refractivity contribution is 0.724. The summed E-state index contributed by atoms with van der Waals surface area (Å²) in [5, 5.41) is 2.55. The fourth-order valence-electron chi connectivity index (χ4n) is 9.03. The Bertz CT molecular complexity index is 2830. The van der Waals surface area contributed by atoms with E-state index in [0.717, 1.165) is 17.1 Å². The molecule has 2 aliphatic rings. The van der Waals surface area contributed by atoms with Crippen LogP contribution >= 0.6 is 11.8 Å². The van der Waals surface area contributed by atoms with E-state index >= 15 is 0 Å². The van der Waals surface area contributed by atoms with Crippen molar-refractivity contribution in [2.24, 2.45) is 0 Å². The Morgan fingerprint density at radius 3 is 1.40 bits per heavy atom. The minimum Gasteiger partial charge on any atom is -0.311 e. The third kappa shape index (κ3) is 5.03. The summed E-state index contributed by atoms with van der Waals surface area (Å²) in [4.78, 5) is 4.96. The molecule has 55 heavy (non-hydrogen) atoms. The Balaban J connectivity index is 1.02. The maximum Gasteiger partial charge on any atom is 0.0735 e. The van der Waals surface area contributed by atoms with E-state index in [-0.39, 0.29) is 0 Å². The van der Waals surface area contributed by atoms with Crippen molar-refractivity contribution in [3.63, 3.8) is 0 Å². The monoisotopic (exact) mass is 717 g/mol. The van der Waals surface area contributed by atoms with Crippen molar-refractivity contribution in [2.45, 2.75) is 15.2 Å². The molecule has 258 valence electrons. The van der Waals surface area contributed by atoms with Crippen LogP contribution in [0.1, 0.15) is 22.3 Å². The molecule has 0 atom stereocenters. The maximum absolute atomic E-state index is 2.46. The SMILES string of the molecule is c1ccc(-c2ccc(N(c3ccccc3)c3ccc(-c4ccc5c(c4)Sc4cc6ccccc6cc4C54c5ccccc5-c5ccccc54)cc3)cc2)cc1. The number of benzene rings is 9. The molecule has 11 rings (SSSR count). The van der Waals surface area contributed by atoms with Gasteiger partial charge in [0.25, 0.3) is 0 Å². The van der Waals surface area contributed by atoms with Crippen LogP contribution < -0.4 is 4.90 Å². The first-order valence-electron chi connectivity index (χ1n) is 18.9. The number of hydrogen-bond donors (Lipinski definition) is 0. The largest absolute Gasteiger partial charge is 0.311 e. The first kappa shape index (κ1) is 31.9. The van der Waals surface area contributed by atoms with Crippen LogP contribution in [0.5, 0.6) is 0 Å². The van der Waals surface area contributed by atoms with E-state index in [1.54, 1.807) is 0 Å². The van der Waals surface area contributed by atoms with E-state index in [0.29, 0.717) is 0 Å². The van der Waals surface area contributed by atoms with Gasteiger partial charge >= 0.3 is 0 Å². The van der Waals surface area contributed by atoms with Gasteiger partial charge in [-0.3, -0.25) is 0 Å². The number of rotatable bonds is 5. The molecule has 0 N–H and O–H groups in total. The summed E-state index contributed by atoms with van der Waals surface area (Å²) in [6, 6.07) is 78.1. The minimum atomic E-state index is -0.401. The molecule has 9 aromatic carbocycles. The van der Waals surface area contributed by atoms with Crippen LogP contribution in [0.3, 0.4) is 0 Å². The van der Waals surface area contributed by atoms with Crippen LogP contribution in [0.4, 0.5) is 17.1 Å². The second-order valence-corrected chi connectivity index (χ2v) is 15.6. The summed E-state index contributed by atoms with van der Waals surface area (Å²) in [7, 11) is 0. The predicted octanol–water partition coefficient (Wildman–Crippen LogP) is 14.5. The number of hydrogen-bond acceptors (Lipinski definition) is 2. The molecule has 0 radical (unpaired) electrons. The normalized spacial score (nSPS) is 13.2. The molecule has 0 amide bonds. The van der Waals surface area contributed by atoms with Gasteiger partial charge in [-0.2, -0.15) is 0 Å². The third-order valence-electron chi connectivity index (χ3n) is 11.5. The van der Waals surface area contributed by atoms with Gasteiger partial charge in [-0.15, -0.1) is 0 Å². The average Bonchev–Trinajstić information content (AvgIpc) is 3.55. The van der Waals surface area contributed by atoms with Gasteiger partial charge in [0.15, 0.2) is 0 Å². The summed E-state index contributed by atoms with van der Waals surface area (Å²) in [6.45, 7) is 0. The van der Waals surface area contributed by atoms with Crippen molar-refractivity contribution in [1.82, 2.24) is 0 Å². The number of nitrogens with zero attached hydrogens (tertiary/aromatic N) is 1. The summed E-state index contributed by atoms with van der Waals surface area (Å²) in [5.74, 6) is 0. The highest BCUT2D eigenvalue weighted by molar-refractivity contribution is 7.99. The fourth-order valence-corrected chi connectivity index (χ4v) is 10.3. The number of anilines is 3. The second kappa shape index (κ2) is 12.8. The number of fused-ring (bicyclic) bond motifs is 10. The molecule has 0 saturated heterocycles. The zero-order valence-electron chi connectivity index (χ0n) is 30.1. The Morgan fingerprint density at radius 1 is 0.309 bits per heavy atom. The topological polar surface area (TPSA) is 3.24 Å². The molecule has 1 heterocycles. The van der Waals surface area contributed by atoms with Crippen molar-refractivity contribution in [1.29, 1.82) is 0 Å². The smallest absolute Gasteiger partial charge is 0.0735 e. The fraction of sp³-hybridized carbons (Fsp3) is 0.0189. The van der Waals surface area contributed by atoms with Crippen molar-refractivity contribution >= 4 is 39.6 Å². The van der Waals surface area contributed by atoms with Gasteiger partial charge in [0.2, 0.25) is 0 Å². The van der Waals surface area contributed by atoms with E-state index in [1.165, 1.54) is 76.2 Å².